The van der Waals surface area contributed by atoms with Crippen LogP contribution < -0.4 is 4.72 Å². The molecular weight excluding hydrogens is 229 g/mol. The van der Waals surface area contributed by atoms with Gasteiger partial charge in [-0.2, -0.15) is 0 Å². The lowest BCUT2D eigenvalue weighted by Crippen LogP contribution is -2.20. The summed E-state index contributed by atoms with van der Waals surface area (Å²) in [6, 6.07) is 3.74. The van der Waals surface area contributed by atoms with Crippen LogP contribution in [0, 0.1) is 5.82 Å². The smallest absolute Gasteiger partial charge is 0.214 e. The summed E-state index contributed by atoms with van der Waals surface area (Å²) >= 11 is 5.51. The molecule has 0 aromatic heterocycles. The molecule has 0 heterocycles. The normalized spacial score (nSPS) is 11.6. The molecule has 0 bridgehead atoms. The summed E-state index contributed by atoms with van der Waals surface area (Å²) in [5.74, 6) is -0.639. The summed E-state index contributed by atoms with van der Waals surface area (Å²) < 4.78 is 37.8. The number of sulfonamides is 1. The Balaban J connectivity index is 3.33. The number of alkyl halides is 1. The highest BCUT2D eigenvalue weighted by Crippen LogP contribution is 2.16. The van der Waals surface area contributed by atoms with Crippen LogP contribution in [-0.2, 0) is 15.9 Å². The third-order valence-electron chi connectivity index (χ3n) is 1.71. The fourth-order valence-electron chi connectivity index (χ4n) is 0.947. The van der Waals surface area contributed by atoms with Gasteiger partial charge in [-0.1, -0.05) is 6.07 Å². The fourth-order valence-corrected chi connectivity index (χ4v) is 1.96. The van der Waals surface area contributed by atoms with E-state index in [1.807, 2.05) is 4.72 Å². The molecule has 0 aliphatic carbocycles. The van der Waals surface area contributed by atoms with Crippen LogP contribution in [0.1, 0.15) is 5.56 Å². The maximum atomic E-state index is 13.1. The van der Waals surface area contributed by atoms with Gasteiger partial charge in [0, 0.05) is 5.88 Å². The molecule has 0 radical (unpaired) electrons. The van der Waals surface area contributed by atoms with E-state index in [0.29, 0.717) is 5.56 Å². The fraction of sp³-hybridized carbons (Fsp3) is 0.250. The van der Waals surface area contributed by atoms with Gasteiger partial charge in [-0.25, -0.2) is 17.5 Å². The van der Waals surface area contributed by atoms with E-state index in [1.54, 1.807) is 0 Å². The summed E-state index contributed by atoms with van der Waals surface area (Å²) in [5, 5.41) is 0. The van der Waals surface area contributed by atoms with Crippen LogP contribution in [0.4, 0.5) is 4.39 Å². The summed E-state index contributed by atoms with van der Waals surface area (Å²) in [6.45, 7) is 0. The lowest BCUT2D eigenvalue weighted by Gasteiger charge is -2.05. The van der Waals surface area contributed by atoms with Gasteiger partial charge in [0.25, 0.3) is 0 Å². The summed E-state index contributed by atoms with van der Waals surface area (Å²) in [4.78, 5) is -0.377. The number of rotatable bonds is 3. The maximum Gasteiger partial charge on any atom is 0.243 e. The van der Waals surface area contributed by atoms with E-state index in [4.69, 9.17) is 11.6 Å². The second-order valence-electron chi connectivity index (χ2n) is 2.61. The second kappa shape index (κ2) is 4.25. The molecule has 14 heavy (non-hydrogen) atoms. The van der Waals surface area contributed by atoms with Crippen LogP contribution in [-0.4, -0.2) is 15.5 Å². The molecule has 0 spiro atoms. The quantitative estimate of drug-likeness (QED) is 0.810. The molecule has 0 saturated heterocycles. The molecule has 1 aromatic rings. The monoisotopic (exact) mass is 237 g/mol. The molecule has 3 nitrogen and oxygen atoms in total. The standard InChI is InChI=1S/C8H9ClFNO2S/c1-11-14(12,13)8-4-6(5-9)2-3-7(8)10/h2-4,11H,5H2,1H3. The maximum absolute atomic E-state index is 13.1. The molecule has 0 fully saturated rings. The van der Waals surface area contributed by atoms with Crippen molar-refractivity contribution in [1.82, 2.24) is 4.72 Å². The third-order valence-corrected chi connectivity index (χ3v) is 3.45. The lowest BCUT2D eigenvalue weighted by atomic mass is 10.2. The number of halogens is 2. The van der Waals surface area contributed by atoms with E-state index in [2.05, 4.69) is 0 Å². The Bertz CT molecular complexity index is 433. The van der Waals surface area contributed by atoms with Gasteiger partial charge >= 0.3 is 0 Å². The SMILES string of the molecule is CNS(=O)(=O)c1cc(CCl)ccc1F. The summed E-state index contributed by atoms with van der Waals surface area (Å²) in [7, 11) is -2.52. The van der Waals surface area contributed by atoms with Gasteiger partial charge in [0.2, 0.25) is 10.0 Å². The molecule has 1 aromatic carbocycles. The molecule has 0 unspecified atom stereocenters. The predicted molar refractivity (Wildman–Crippen MR) is 52.2 cm³/mol. The van der Waals surface area contributed by atoms with Crippen molar-refractivity contribution in [2.45, 2.75) is 10.8 Å². The molecular formula is C8H9ClFNO2S. The Morgan fingerprint density at radius 3 is 2.64 bits per heavy atom. The van der Waals surface area contributed by atoms with Gasteiger partial charge in [-0.3, -0.25) is 0 Å². The van der Waals surface area contributed by atoms with Gasteiger partial charge < -0.3 is 0 Å². The first kappa shape index (κ1) is 11.4. The molecule has 0 aliphatic heterocycles. The van der Waals surface area contributed by atoms with Crippen molar-refractivity contribution < 1.29 is 12.8 Å². The van der Waals surface area contributed by atoms with E-state index in [-0.39, 0.29) is 10.8 Å². The first-order valence-electron chi connectivity index (χ1n) is 3.79. The molecule has 0 amide bonds. The molecule has 0 aliphatic rings. The van der Waals surface area contributed by atoms with Crippen molar-refractivity contribution >= 4 is 21.6 Å². The van der Waals surface area contributed by atoms with Crippen LogP contribution in [0.5, 0.6) is 0 Å². The number of nitrogens with one attached hydrogen (secondary N) is 1. The van der Waals surface area contributed by atoms with E-state index in [1.165, 1.54) is 19.2 Å². The van der Waals surface area contributed by atoms with Crippen molar-refractivity contribution in [2.75, 3.05) is 7.05 Å². The highest BCUT2D eigenvalue weighted by atomic mass is 35.5. The average Bonchev–Trinajstić information content (AvgIpc) is 2.18. The zero-order valence-electron chi connectivity index (χ0n) is 7.42. The number of benzene rings is 1. The predicted octanol–water partition coefficient (Wildman–Crippen LogP) is 1.47. The first-order chi connectivity index (χ1) is 6.51. The van der Waals surface area contributed by atoms with E-state index in [9.17, 15) is 12.8 Å². The van der Waals surface area contributed by atoms with Gasteiger partial charge in [-0.05, 0) is 24.7 Å². The van der Waals surface area contributed by atoms with Crippen molar-refractivity contribution in [3.63, 3.8) is 0 Å². The van der Waals surface area contributed by atoms with Gasteiger partial charge in [0.1, 0.15) is 10.7 Å². The first-order valence-corrected chi connectivity index (χ1v) is 5.81. The Kier molecular flexibility index (Phi) is 3.47. The third kappa shape index (κ3) is 2.23. The molecule has 1 N–H and O–H groups in total. The van der Waals surface area contributed by atoms with Crippen molar-refractivity contribution in [3.8, 4) is 0 Å². The van der Waals surface area contributed by atoms with Gasteiger partial charge in [-0.15, -0.1) is 11.6 Å². The van der Waals surface area contributed by atoms with Crippen molar-refractivity contribution in [2.24, 2.45) is 0 Å². The number of hydrogen-bond donors (Lipinski definition) is 1. The summed E-state index contributed by atoms with van der Waals surface area (Å²) in [5.41, 5.74) is 0.557. The Morgan fingerprint density at radius 2 is 2.14 bits per heavy atom. The van der Waals surface area contributed by atoms with Gasteiger partial charge in [0.05, 0.1) is 0 Å². The summed E-state index contributed by atoms with van der Waals surface area (Å²) in [6.07, 6.45) is 0. The average molecular weight is 238 g/mol. The van der Waals surface area contributed by atoms with Crippen LogP contribution in [0.25, 0.3) is 0 Å². The minimum absolute atomic E-state index is 0.145. The van der Waals surface area contributed by atoms with Crippen LogP contribution in [0.2, 0.25) is 0 Å². The lowest BCUT2D eigenvalue weighted by molar-refractivity contribution is 0.561. The van der Waals surface area contributed by atoms with Crippen LogP contribution >= 0.6 is 11.6 Å². The zero-order chi connectivity index (χ0) is 10.8. The second-order valence-corrected chi connectivity index (χ2v) is 4.73. The largest absolute Gasteiger partial charge is 0.243 e. The Hall–Kier alpha value is -0.650. The zero-order valence-corrected chi connectivity index (χ0v) is 8.99. The van der Waals surface area contributed by atoms with Crippen LogP contribution in [0.15, 0.2) is 23.1 Å². The Morgan fingerprint density at radius 1 is 1.50 bits per heavy atom. The van der Waals surface area contributed by atoms with E-state index >= 15 is 0 Å². The molecule has 6 heteroatoms. The van der Waals surface area contributed by atoms with Crippen LogP contribution in [0.3, 0.4) is 0 Å². The molecule has 0 atom stereocenters. The number of hydrogen-bond acceptors (Lipinski definition) is 2. The van der Waals surface area contributed by atoms with E-state index in [0.717, 1.165) is 6.07 Å². The molecule has 1 rings (SSSR count). The topological polar surface area (TPSA) is 46.2 Å². The van der Waals surface area contributed by atoms with E-state index < -0.39 is 15.8 Å². The minimum atomic E-state index is -3.75. The molecule has 78 valence electrons. The van der Waals surface area contributed by atoms with Crippen molar-refractivity contribution in [1.29, 1.82) is 0 Å². The highest BCUT2D eigenvalue weighted by Gasteiger charge is 2.17. The van der Waals surface area contributed by atoms with Gasteiger partial charge in [0.15, 0.2) is 0 Å². The molecule has 0 saturated carbocycles. The highest BCUT2D eigenvalue weighted by molar-refractivity contribution is 7.89. The Labute approximate surface area is 86.9 Å². The minimum Gasteiger partial charge on any atom is -0.214 e. The van der Waals surface area contributed by atoms with Crippen molar-refractivity contribution in [3.05, 3.63) is 29.6 Å².